The van der Waals surface area contributed by atoms with Gasteiger partial charge in [0.15, 0.2) is 0 Å². The molecule has 0 bridgehead atoms. The number of rotatable bonds is 1. The zero-order valence-corrected chi connectivity index (χ0v) is 11.2. The molecule has 2 aromatic carbocycles. The summed E-state index contributed by atoms with van der Waals surface area (Å²) in [6.07, 6.45) is 0. The molecule has 5 heteroatoms. The molecule has 0 spiro atoms. The Morgan fingerprint density at radius 2 is 1.79 bits per heavy atom. The summed E-state index contributed by atoms with van der Waals surface area (Å²) in [6, 6.07) is 12.4. The van der Waals surface area contributed by atoms with Crippen LogP contribution in [0.25, 0.3) is 22.3 Å². The topological polar surface area (TPSA) is 45.8 Å². The maximum atomic E-state index is 12.0. The van der Waals surface area contributed by atoms with E-state index in [9.17, 15) is 4.79 Å². The van der Waals surface area contributed by atoms with Gasteiger partial charge in [-0.05, 0) is 24.3 Å². The van der Waals surface area contributed by atoms with Crippen molar-refractivity contribution in [2.24, 2.45) is 0 Å². The summed E-state index contributed by atoms with van der Waals surface area (Å²) in [4.78, 5) is 19.1. The van der Waals surface area contributed by atoms with Crippen LogP contribution in [0.4, 0.5) is 0 Å². The molecule has 3 nitrogen and oxygen atoms in total. The van der Waals surface area contributed by atoms with Gasteiger partial charge in [0.05, 0.1) is 20.9 Å². The van der Waals surface area contributed by atoms with E-state index in [2.05, 4.69) is 9.97 Å². The molecule has 1 N–H and O–H groups in total. The number of hydrogen-bond donors (Lipinski definition) is 1. The summed E-state index contributed by atoms with van der Waals surface area (Å²) in [5, 5.41) is 1.35. The number of nitrogens with zero attached hydrogens (tertiary/aromatic N) is 1. The molecule has 3 rings (SSSR count). The molecular formula is C14H8Cl2N2O. The van der Waals surface area contributed by atoms with Gasteiger partial charge in [0.25, 0.3) is 5.56 Å². The smallest absolute Gasteiger partial charge is 0.259 e. The Morgan fingerprint density at radius 3 is 2.63 bits per heavy atom. The van der Waals surface area contributed by atoms with Crippen LogP contribution in [0.15, 0.2) is 47.3 Å². The lowest BCUT2D eigenvalue weighted by atomic mass is 10.2. The highest BCUT2D eigenvalue weighted by Crippen LogP contribution is 2.31. The van der Waals surface area contributed by atoms with Crippen LogP contribution in [0.3, 0.4) is 0 Å². The largest absolute Gasteiger partial charge is 0.306 e. The minimum Gasteiger partial charge on any atom is -0.306 e. The highest BCUT2D eigenvalue weighted by Gasteiger charge is 2.10. The molecule has 0 saturated carbocycles. The number of halogens is 2. The minimum atomic E-state index is -0.198. The maximum Gasteiger partial charge on any atom is 0.259 e. The van der Waals surface area contributed by atoms with Gasteiger partial charge in [-0.15, -0.1) is 0 Å². The lowest BCUT2D eigenvalue weighted by Gasteiger charge is -2.06. The quantitative estimate of drug-likeness (QED) is 0.739. The second-order valence-corrected chi connectivity index (χ2v) is 4.82. The first-order valence-electron chi connectivity index (χ1n) is 5.60. The van der Waals surface area contributed by atoms with Gasteiger partial charge in [0.2, 0.25) is 0 Å². The van der Waals surface area contributed by atoms with Crippen LogP contribution in [0.2, 0.25) is 10.0 Å². The summed E-state index contributed by atoms with van der Waals surface area (Å²) in [5.41, 5.74) is 1.03. The summed E-state index contributed by atoms with van der Waals surface area (Å²) in [7, 11) is 0. The number of H-pyrrole nitrogens is 1. The number of hydrogen-bond acceptors (Lipinski definition) is 2. The van der Waals surface area contributed by atoms with Crippen LogP contribution in [-0.2, 0) is 0 Å². The van der Waals surface area contributed by atoms with Crippen LogP contribution < -0.4 is 5.56 Å². The lowest BCUT2D eigenvalue weighted by Crippen LogP contribution is -2.09. The molecule has 94 valence electrons. The van der Waals surface area contributed by atoms with Gasteiger partial charge in [0, 0.05) is 5.56 Å². The summed E-state index contributed by atoms with van der Waals surface area (Å²) in [5.74, 6) is 0.413. The van der Waals surface area contributed by atoms with Crippen molar-refractivity contribution in [3.05, 3.63) is 62.9 Å². The van der Waals surface area contributed by atoms with Gasteiger partial charge in [-0.1, -0.05) is 41.4 Å². The number of aromatic amines is 1. The second kappa shape index (κ2) is 4.68. The number of aromatic nitrogens is 2. The van der Waals surface area contributed by atoms with E-state index in [1.165, 1.54) is 0 Å². The molecule has 0 aliphatic rings. The third-order valence-corrected chi connectivity index (χ3v) is 3.64. The van der Waals surface area contributed by atoms with Crippen LogP contribution in [0, 0.1) is 0 Å². The van der Waals surface area contributed by atoms with Crippen molar-refractivity contribution >= 4 is 34.1 Å². The molecule has 0 unspecified atom stereocenters. The van der Waals surface area contributed by atoms with E-state index < -0.39 is 0 Å². The van der Waals surface area contributed by atoms with Crippen LogP contribution in [0.5, 0.6) is 0 Å². The lowest BCUT2D eigenvalue weighted by molar-refractivity contribution is 1.18. The fourth-order valence-corrected chi connectivity index (χ4v) is 2.29. The third kappa shape index (κ3) is 2.11. The van der Waals surface area contributed by atoms with Crippen molar-refractivity contribution in [2.45, 2.75) is 0 Å². The Balaban J connectivity index is 2.32. The summed E-state index contributed by atoms with van der Waals surface area (Å²) in [6.45, 7) is 0. The molecule has 0 fully saturated rings. The van der Waals surface area contributed by atoms with Gasteiger partial charge < -0.3 is 4.98 Å². The normalized spacial score (nSPS) is 10.8. The van der Waals surface area contributed by atoms with E-state index in [1.807, 2.05) is 6.07 Å². The van der Waals surface area contributed by atoms with Gasteiger partial charge in [0.1, 0.15) is 5.82 Å². The van der Waals surface area contributed by atoms with Crippen LogP contribution in [-0.4, -0.2) is 9.97 Å². The number of nitrogens with one attached hydrogen (secondary N) is 1. The van der Waals surface area contributed by atoms with E-state index >= 15 is 0 Å². The van der Waals surface area contributed by atoms with Crippen molar-refractivity contribution in [1.29, 1.82) is 0 Å². The Bertz CT molecular complexity index is 827. The number of fused-ring (bicyclic) bond motifs is 1. The molecule has 0 atom stereocenters. The maximum absolute atomic E-state index is 12.0. The Labute approximate surface area is 118 Å². The van der Waals surface area contributed by atoms with Crippen molar-refractivity contribution < 1.29 is 0 Å². The van der Waals surface area contributed by atoms with E-state index in [-0.39, 0.29) is 5.56 Å². The molecule has 0 aliphatic heterocycles. The molecule has 0 aliphatic carbocycles. The first kappa shape index (κ1) is 12.2. The molecule has 3 aromatic rings. The van der Waals surface area contributed by atoms with Crippen molar-refractivity contribution in [1.82, 2.24) is 9.97 Å². The van der Waals surface area contributed by atoms with E-state index in [1.54, 1.807) is 36.4 Å². The predicted molar refractivity (Wildman–Crippen MR) is 77.8 cm³/mol. The minimum absolute atomic E-state index is 0.198. The molecule has 0 radical (unpaired) electrons. The van der Waals surface area contributed by atoms with Crippen LogP contribution in [0.1, 0.15) is 0 Å². The SMILES string of the molecule is O=c1[nH]c(-c2cccc(Cl)c2Cl)nc2ccccc12. The van der Waals surface area contributed by atoms with E-state index in [0.717, 1.165) is 0 Å². The molecule has 0 saturated heterocycles. The Morgan fingerprint density at radius 1 is 1.00 bits per heavy atom. The van der Waals surface area contributed by atoms with Gasteiger partial charge in [-0.3, -0.25) is 4.79 Å². The Kier molecular flexibility index (Phi) is 3.01. The first-order chi connectivity index (χ1) is 9.16. The Hall–Kier alpha value is -1.84. The zero-order valence-electron chi connectivity index (χ0n) is 9.65. The first-order valence-corrected chi connectivity index (χ1v) is 6.36. The average molecular weight is 291 g/mol. The van der Waals surface area contributed by atoms with Gasteiger partial charge in [-0.25, -0.2) is 4.98 Å². The highest BCUT2D eigenvalue weighted by atomic mass is 35.5. The highest BCUT2D eigenvalue weighted by molar-refractivity contribution is 6.43. The van der Waals surface area contributed by atoms with Gasteiger partial charge >= 0.3 is 0 Å². The van der Waals surface area contributed by atoms with Crippen molar-refractivity contribution in [2.75, 3.05) is 0 Å². The fraction of sp³-hybridized carbons (Fsp3) is 0. The zero-order chi connectivity index (χ0) is 13.4. The molecule has 1 aromatic heterocycles. The van der Waals surface area contributed by atoms with Crippen molar-refractivity contribution in [3.8, 4) is 11.4 Å². The third-order valence-electron chi connectivity index (χ3n) is 2.82. The second-order valence-electron chi connectivity index (χ2n) is 4.03. The molecule has 0 amide bonds. The van der Waals surface area contributed by atoms with Crippen molar-refractivity contribution in [3.63, 3.8) is 0 Å². The fourth-order valence-electron chi connectivity index (χ4n) is 1.90. The van der Waals surface area contributed by atoms with Crippen LogP contribution >= 0.6 is 23.2 Å². The monoisotopic (exact) mass is 290 g/mol. The standard InChI is InChI=1S/C14H8Cl2N2O/c15-10-6-3-5-9(12(10)16)13-17-11-7-2-1-4-8(11)14(19)18-13/h1-7H,(H,17,18,19). The predicted octanol–water partition coefficient (Wildman–Crippen LogP) is 3.90. The molecular weight excluding hydrogens is 283 g/mol. The molecule has 1 heterocycles. The summed E-state index contributed by atoms with van der Waals surface area (Å²) < 4.78 is 0. The summed E-state index contributed by atoms with van der Waals surface area (Å²) >= 11 is 12.1. The molecule has 19 heavy (non-hydrogen) atoms. The number of benzene rings is 2. The average Bonchev–Trinajstić information content (AvgIpc) is 2.42. The van der Waals surface area contributed by atoms with Gasteiger partial charge in [-0.2, -0.15) is 0 Å². The van der Waals surface area contributed by atoms with E-state index in [4.69, 9.17) is 23.2 Å². The number of para-hydroxylation sites is 1. The van der Waals surface area contributed by atoms with E-state index in [0.29, 0.717) is 32.3 Å².